The normalized spacial score (nSPS) is 22.8. The molecule has 0 N–H and O–H groups in total. The molecule has 1 heterocycles. The zero-order chi connectivity index (χ0) is 11.6. The van der Waals surface area contributed by atoms with E-state index in [9.17, 15) is 14.0 Å². The molecular formula is C10H16FNO3. The number of hydrogen-bond acceptors (Lipinski definition) is 3. The second-order valence-electron chi connectivity index (χ2n) is 4.60. The van der Waals surface area contributed by atoms with Gasteiger partial charge in [0.15, 0.2) is 6.30 Å². The third-order valence-electron chi connectivity index (χ3n) is 1.99. The third kappa shape index (κ3) is 3.49. The molecule has 0 aliphatic carbocycles. The Bertz CT molecular complexity index is 272. The number of hydrogen-bond donors (Lipinski definition) is 0. The molecule has 1 saturated heterocycles. The van der Waals surface area contributed by atoms with Gasteiger partial charge in [-0.15, -0.1) is 0 Å². The first-order valence-corrected chi connectivity index (χ1v) is 4.95. The minimum Gasteiger partial charge on any atom is -0.444 e. The Balaban J connectivity index is 2.56. The predicted molar refractivity (Wildman–Crippen MR) is 52.1 cm³/mol. The Morgan fingerprint density at radius 3 is 2.60 bits per heavy atom. The number of Topliss-reactive ketones (excluding diaryl/α,β-unsaturated/α-hetero) is 1. The Labute approximate surface area is 88.4 Å². The lowest BCUT2D eigenvalue weighted by atomic mass is 10.1. The van der Waals surface area contributed by atoms with Crippen LogP contribution in [0.1, 0.15) is 33.6 Å². The summed E-state index contributed by atoms with van der Waals surface area (Å²) in [6.07, 6.45) is -2.25. The van der Waals surface area contributed by atoms with Crippen LogP contribution in [-0.4, -0.2) is 35.2 Å². The molecule has 1 aliphatic heterocycles. The van der Waals surface area contributed by atoms with E-state index in [0.717, 1.165) is 4.90 Å². The van der Waals surface area contributed by atoms with Gasteiger partial charge in [-0.25, -0.2) is 9.18 Å². The van der Waals surface area contributed by atoms with Crippen molar-refractivity contribution in [2.75, 3.05) is 6.54 Å². The van der Waals surface area contributed by atoms with Gasteiger partial charge in [0.1, 0.15) is 11.4 Å². The number of halogens is 1. The fourth-order valence-corrected chi connectivity index (χ4v) is 1.31. The number of piperidine rings is 1. The minimum atomic E-state index is -1.54. The molecule has 0 bridgehead atoms. The number of nitrogens with zero attached hydrogens (tertiary/aromatic N) is 1. The van der Waals surface area contributed by atoms with Gasteiger partial charge in [0.05, 0.1) is 6.42 Å². The molecule has 1 rings (SSSR count). The fraction of sp³-hybridized carbons (Fsp3) is 0.800. The van der Waals surface area contributed by atoms with Gasteiger partial charge in [0.25, 0.3) is 0 Å². The second kappa shape index (κ2) is 4.16. The molecule has 15 heavy (non-hydrogen) atoms. The van der Waals surface area contributed by atoms with Gasteiger partial charge in [-0.1, -0.05) is 0 Å². The summed E-state index contributed by atoms with van der Waals surface area (Å²) >= 11 is 0. The lowest BCUT2D eigenvalue weighted by Gasteiger charge is -2.31. The van der Waals surface area contributed by atoms with E-state index in [-0.39, 0.29) is 25.2 Å². The van der Waals surface area contributed by atoms with E-state index in [2.05, 4.69) is 0 Å². The van der Waals surface area contributed by atoms with Crippen LogP contribution in [0, 0.1) is 0 Å². The molecule has 1 amide bonds. The summed E-state index contributed by atoms with van der Waals surface area (Å²) in [5.41, 5.74) is -0.641. The Morgan fingerprint density at radius 1 is 1.53 bits per heavy atom. The van der Waals surface area contributed by atoms with Crippen LogP contribution in [0.3, 0.4) is 0 Å². The summed E-state index contributed by atoms with van der Waals surface area (Å²) in [7, 11) is 0. The maximum absolute atomic E-state index is 13.3. The Kier molecular flexibility index (Phi) is 3.31. The van der Waals surface area contributed by atoms with Gasteiger partial charge in [-0.3, -0.25) is 9.69 Å². The van der Waals surface area contributed by atoms with Crippen molar-refractivity contribution in [1.82, 2.24) is 4.90 Å². The van der Waals surface area contributed by atoms with Crippen LogP contribution < -0.4 is 0 Å². The first kappa shape index (κ1) is 11.9. The molecule has 0 aromatic heterocycles. The van der Waals surface area contributed by atoms with Gasteiger partial charge < -0.3 is 4.74 Å². The Morgan fingerprint density at radius 2 is 2.13 bits per heavy atom. The van der Waals surface area contributed by atoms with Gasteiger partial charge in [-0.2, -0.15) is 0 Å². The minimum absolute atomic E-state index is 0.106. The van der Waals surface area contributed by atoms with Crippen LogP contribution in [0.25, 0.3) is 0 Å². The highest BCUT2D eigenvalue weighted by molar-refractivity contribution is 5.82. The lowest BCUT2D eigenvalue weighted by Crippen LogP contribution is -2.46. The summed E-state index contributed by atoms with van der Waals surface area (Å²) in [6.45, 7) is 5.25. The molecule has 0 unspecified atom stereocenters. The SMILES string of the molecule is CC(C)(C)OC(=O)N1CCC(=O)C[C@@H]1F. The molecule has 0 saturated carbocycles. The second-order valence-corrected chi connectivity index (χ2v) is 4.60. The van der Waals surface area contributed by atoms with E-state index in [0.29, 0.717) is 0 Å². The average Bonchev–Trinajstić information content (AvgIpc) is 1.99. The van der Waals surface area contributed by atoms with Crippen LogP contribution in [0.4, 0.5) is 9.18 Å². The highest BCUT2D eigenvalue weighted by atomic mass is 19.1. The van der Waals surface area contributed by atoms with E-state index in [1.807, 2.05) is 0 Å². The largest absolute Gasteiger partial charge is 0.444 e. The fourth-order valence-electron chi connectivity index (χ4n) is 1.31. The molecule has 0 radical (unpaired) electrons. The number of amides is 1. The first-order chi connectivity index (χ1) is 6.79. The van der Waals surface area contributed by atoms with Crippen molar-refractivity contribution in [1.29, 1.82) is 0 Å². The van der Waals surface area contributed by atoms with E-state index in [1.165, 1.54) is 0 Å². The highest BCUT2D eigenvalue weighted by Gasteiger charge is 2.33. The highest BCUT2D eigenvalue weighted by Crippen LogP contribution is 2.19. The smallest absolute Gasteiger partial charge is 0.412 e. The van der Waals surface area contributed by atoms with Gasteiger partial charge in [0, 0.05) is 13.0 Å². The molecule has 0 aromatic rings. The maximum Gasteiger partial charge on any atom is 0.412 e. The quantitative estimate of drug-likeness (QED) is 0.582. The predicted octanol–water partition coefficient (Wildman–Crippen LogP) is 1.88. The number of ketones is 1. The molecule has 0 aromatic carbocycles. The first-order valence-electron chi connectivity index (χ1n) is 4.95. The zero-order valence-electron chi connectivity index (χ0n) is 9.25. The Hall–Kier alpha value is -1.13. The lowest BCUT2D eigenvalue weighted by molar-refractivity contribution is -0.125. The number of carbonyl (C=O) groups is 2. The van der Waals surface area contributed by atoms with Crippen molar-refractivity contribution in [2.24, 2.45) is 0 Å². The summed E-state index contributed by atoms with van der Waals surface area (Å²) < 4.78 is 18.3. The monoisotopic (exact) mass is 217 g/mol. The summed E-state index contributed by atoms with van der Waals surface area (Å²) in [4.78, 5) is 23.4. The van der Waals surface area contributed by atoms with E-state index in [1.54, 1.807) is 20.8 Å². The number of rotatable bonds is 0. The van der Waals surface area contributed by atoms with E-state index >= 15 is 0 Å². The van der Waals surface area contributed by atoms with Gasteiger partial charge in [-0.05, 0) is 20.8 Å². The number of alkyl halides is 1. The third-order valence-corrected chi connectivity index (χ3v) is 1.99. The molecular weight excluding hydrogens is 201 g/mol. The van der Waals surface area contributed by atoms with Crippen molar-refractivity contribution >= 4 is 11.9 Å². The van der Waals surface area contributed by atoms with Crippen molar-refractivity contribution in [3.05, 3.63) is 0 Å². The summed E-state index contributed by atoms with van der Waals surface area (Å²) in [6, 6.07) is 0. The molecule has 1 aliphatic rings. The number of carbonyl (C=O) groups excluding carboxylic acids is 2. The van der Waals surface area contributed by atoms with Crippen LogP contribution in [0.15, 0.2) is 0 Å². The zero-order valence-corrected chi connectivity index (χ0v) is 9.25. The molecule has 4 nitrogen and oxygen atoms in total. The molecule has 86 valence electrons. The number of ether oxygens (including phenoxy) is 1. The van der Waals surface area contributed by atoms with Crippen molar-refractivity contribution in [3.8, 4) is 0 Å². The van der Waals surface area contributed by atoms with Crippen molar-refractivity contribution < 1.29 is 18.7 Å². The molecule has 1 atom stereocenters. The number of likely N-dealkylation sites (tertiary alicyclic amines) is 1. The summed E-state index contributed by atoms with van der Waals surface area (Å²) in [5.74, 6) is -0.151. The molecule has 5 heteroatoms. The van der Waals surface area contributed by atoms with Gasteiger partial charge in [0.2, 0.25) is 0 Å². The maximum atomic E-state index is 13.3. The summed E-state index contributed by atoms with van der Waals surface area (Å²) in [5, 5.41) is 0. The topological polar surface area (TPSA) is 46.6 Å². The van der Waals surface area contributed by atoms with E-state index in [4.69, 9.17) is 4.74 Å². The molecule has 0 spiro atoms. The van der Waals surface area contributed by atoms with Crippen LogP contribution in [-0.2, 0) is 9.53 Å². The average molecular weight is 217 g/mol. The van der Waals surface area contributed by atoms with Crippen molar-refractivity contribution in [3.63, 3.8) is 0 Å². The van der Waals surface area contributed by atoms with Gasteiger partial charge >= 0.3 is 6.09 Å². The van der Waals surface area contributed by atoms with Crippen LogP contribution in [0.2, 0.25) is 0 Å². The van der Waals surface area contributed by atoms with Crippen LogP contribution in [0.5, 0.6) is 0 Å². The standard InChI is InChI=1S/C10H16FNO3/c1-10(2,3)15-9(14)12-5-4-7(13)6-8(12)11/h8H,4-6H2,1-3H3/t8-/m1/s1. The van der Waals surface area contributed by atoms with Crippen LogP contribution >= 0.6 is 0 Å². The van der Waals surface area contributed by atoms with E-state index < -0.39 is 18.0 Å². The van der Waals surface area contributed by atoms with Crippen molar-refractivity contribution in [2.45, 2.75) is 45.5 Å². The molecule has 1 fully saturated rings.